The Morgan fingerprint density at radius 3 is 2.00 bits per heavy atom. The van der Waals surface area contributed by atoms with Crippen molar-refractivity contribution < 1.29 is 20.4 Å². The molecule has 0 unspecified atom stereocenters. The van der Waals surface area contributed by atoms with Gasteiger partial charge in [0.1, 0.15) is 0 Å². The van der Waals surface area contributed by atoms with Crippen LogP contribution in [0.1, 0.15) is 27.8 Å². The molecule has 0 amide bonds. The molecule has 2 aromatic carbocycles. The third-order valence-electron chi connectivity index (χ3n) is 5.04. The van der Waals surface area contributed by atoms with Crippen molar-refractivity contribution in [2.45, 2.75) is 33.4 Å². The molecule has 156 valence electrons. The smallest absolute Gasteiger partial charge is 0.189 e. The van der Waals surface area contributed by atoms with Gasteiger partial charge in [-0.15, -0.1) is 0 Å². The van der Waals surface area contributed by atoms with E-state index >= 15 is 0 Å². The second kappa shape index (κ2) is 9.60. The zero-order valence-corrected chi connectivity index (χ0v) is 16.6. The number of aliphatic hydroxyl groups is 4. The van der Waals surface area contributed by atoms with Crippen LogP contribution in [0.25, 0.3) is 21.8 Å². The highest BCUT2D eigenvalue weighted by Crippen LogP contribution is 2.21. The Morgan fingerprint density at radius 2 is 1.37 bits per heavy atom. The molecule has 7 nitrogen and oxygen atoms in total. The van der Waals surface area contributed by atoms with E-state index in [9.17, 15) is 4.79 Å². The Morgan fingerprint density at radius 1 is 0.800 bits per heavy atom. The molecule has 0 aliphatic heterocycles. The van der Waals surface area contributed by atoms with Crippen LogP contribution in [0.5, 0.6) is 0 Å². The molecule has 7 heteroatoms. The number of pyridine rings is 2. The normalized spacial score (nSPS) is 10.8. The number of benzene rings is 2. The van der Waals surface area contributed by atoms with Crippen LogP contribution in [-0.4, -0.2) is 30.4 Å². The van der Waals surface area contributed by atoms with Crippen LogP contribution in [-0.2, 0) is 26.4 Å². The summed E-state index contributed by atoms with van der Waals surface area (Å²) in [6.07, 6.45) is 3.31. The quantitative estimate of drug-likeness (QED) is 0.352. The van der Waals surface area contributed by atoms with E-state index < -0.39 is 0 Å². The molecule has 0 saturated heterocycles. The second-order valence-corrected chi connectivity index (χ2v) is 6.91. The van der Waals surface area contributed by atoms with Crippen LogP contribution in [0, 0.1) is 6.92 Å². The lowest BCUT2D eigenvalue weighted by Crippen LogP contribution is -2.03. The first-order valence-electron chi connectivity index (χ1n) is 9.46. The van der Waals surface area contributed by atoms with Gasteiger partial charge in [0.2, 0.25) is 0 Å². The minimum absolute atomic E-state index is 0.0554. The van der Waals surface area contributed by atoms with Gasteiger partial charge in [-0.05, 0) is 65.1 Å². The van der Waals surface area contributed by atoms with E-state index in [4.69, 9.17) is 20.4 Å². The Labute approximate surface area is 172 Å². The van der Waals surface area contributed by atoms with Gasteiger partial charge in [-0.2, -0.15) is 0 Å². The lowest BCUT2D eigenvalue weighted by atomic mass is 10.0. The van der Waals surface area contributed by atoms with Crippen LogP contribution in [0.4, 0.5) is 0 Å². The second-order valence-electron chi connectivity index (χ2n) is 6.91. The summed E-state index contributed by atoms with van der Waals surface area (Å²) in [6.45, 7) is 1.55. The number of fused-ring (bicyclic) bond motifs is 2. The average Bonchev–Trinajstić information content (AvgIpc) is 2.78. The number of aliphatic hydroxyl groups excluding tert-OH is 4. The molecule has 30 heavy (non-hydrogen) atoms. The molecule has 0 aliphatic carbocycles. The van der Waals surface area contributed by atoms with E-state index in [1.165, 1.54) is 6.07 Å². The largest absolute Gasteiger partial charge is 0.392 e. The number of rotatable bonds is 4. The minimum atomic E-state index is -0.180. The Bertz CT molecular complexity index is 1230. The highest BCUT2D eigenvalue weighted by atomic mass is 16.3. The zero-order chi connectivity index (χ0) is 21.7. The fraction of sp³-hybridized carbons (Fsp3) is 0.217. The van der Waals surface area contributed by atoms with Crippen LogP contribution in [0.2, 0.25) is 0 Å². The van der Waals surface area contributed by atoms with Crippen LogP contribution in [0.3, 0.4) is 0 Å². The molecule has 0 fully saturated rings. The summed E-state index contributed by atoms with van der Waals surface area (Å²) < 4.78 is 0. The number of hydrogen-bond donors (Lipinski definition) is 5. The predicted molar refractivity (Wildman–Crippen MR) is 115 cm³/mol. The van der Waals surface area contributed by atoms with Crippen LogP contribution < -0.4 is 5.43 Å². The maximum absolute atomic E-state index is 11.5. The number of aromatic amines is 1. The third-order valence-corrected chi connectivity index (χ3v) is 5.04. The Balaban J connectivity index is 0.000000171. The number of hydrogen-bond acceptors (Lipinski definition) is 6. The first-order chi connectivity index (χ1) is 14.5. The van der Waals surface area contributed by atoms with E-state index in [2.05, 4.69) is 9.97 Å². The molecule has 5 N–H and O–H groups in total. The molecular formula is C23H24N2O5. The Hall–Kier alpha value is -3.10. The van der Waals surface area contributed by atoms with Gasteiger partial charge in [0.25, 0.3) is 0 Å². The highest BCUT2D eigenvalue weighted by Gasteiger charge is 2.06. The number of aryl methyl sites for hydroxylation is 1. The summed E-state index contributed by atoms with van der Waals surface area (Å²) in [7, 11) is 0. The van der Waals surface area contributed by atoms with Gasteiger partial charge < -0.3 is 25.4 Å². The molecule has 0 aliphatic rings. The zero-order valence-electron chi connectivity index (χ0n) is 16.6. The topological polar surface area (TPSA) is 127 Å². The molecule has 2 aromatic heterocycles. The monoisotopic (exact) mass is 408 g/mol. The number of nitrogens with one attached hydrogen (secondary N) is 1. The molecule has 0 bridgehead atoms. The molecule has 0 radical (unpaired) electrons. The van der Waals surface area contributed by atoms with Gasteiger partial charge >= 0.3 is 0 Å². The lowest BCUT2D eigenvalue weighted by molar-refractivity contribution is 0.260. The van der Waals surface area contributed by atoms with Crippen molar-refractivity contribution in [2.75, 3.05) is 0 Å². The first kappa shape index (κ1) is 21.6. The SMILES string of the molecule is Cc1ccnc2cc(CO)c(CO)cc12.O=c1cc[nH]c2cc(CO)c(CO)cc12. The molecule has 0 spiro atoms. The van der Waals surface area contributed by atoms with Gasteiger partial charge in [0.15, 0.2) is 5.43 Å². The van der Waals surface area contributed by atoms with Crippen LogP contribution in [0.15, 0.2) is 53.6 Å². The molecule has 2 heterocycles. The van der Waals surface area contributed by atoms with Crippen molar-refractivity contribution >= 4 is 21.8 Å². The highest BCUT2D eigenvalue weighted by molar-refractivity contribution is 5.83. The number of aromatic nitrogens is 2. The molecule has 4 aromatic rings. The summed E-state index contributed by atoms with van der Waals surface area (Å²) in [5.74, 6) is 0. The van der Waals surface area contributed by atoms with E-state index in [1.54, 1.807) is 24.5 Å². The van der Waals surface area contributed by atoms with Gasteiger partial charge in [0, 0.05) is 34.7 Å². The summed E-state index contributed by atoms with van der Waals surface area (Å²) in [6, 6.07) is 10.4. The Kier molecular flexibility index (Phi) is 6.91. The average molecular weight is 408 g/mol. The van der Waals surface area contributed by atoms with Crippen LogP contribution >= 0.6 is 0 Å². The van der Waals surface area contributed by atoms with Crippen molar-refractivity contribution in [1.29, 1.82) is 0 Å². The van der Waals surface area contributed by atoms with Gasteiger partial charge in [-0.1, -0.05) is 0 Å². The minimum Gasteiger partial charge on any atom is -0.392 e. The summed E-state index contributed by atoms with van der Waals surface area (Å²) >= 11 is 0. The van der Waals surface area contributed by atoms with Crippen molar-refractivity contribution in [1.82, 2.24) is 9.97 Å². The first-order valence-corrected chi connectivity index (χ1v) is 9.46. The molecule has 4 rings (SSSR count). The maximum Gasteiger partial charge on any atom is 0.189 e. The summed E-state index contributed by atoms with van der Waals surface area (Å²) in [5.41, 5.74) is 5.28. The van der Waals surface area contributed by atoms with Crippen molar-refractivity contribution in [3.63, 3.8) is 0 Å². The van der Waals surface area contributed by atoms with E-state index in [-0.39, 0.29) is 31.9 Å². The summed E-state index contributed by atoms with van der Waals surface area (Å²) in [5, 5.41) is 38.0. The third kappa shape index (κ3) is 4.39. The van der Waals surface area contributed by atoms with E-state index in [0.717, 1.165) is 27.6 Å². The molecule has 0 saturated carbocycles. The van der Waals surface area contributed by atoms with E-state index in [0.29, 0.717) is 22.0 Å². The van der Waals surface area contributed by atoms with Crippen molar-refractivity contribution in [3.8, 4) is 0 Å². The standard InChI is InChI=1S/C12H13NO2.C11H11NO3/c1-8-2-3-13-12-5-10(7-15)9(6-14)4-11(8)12;13-5-7-3-9-10(4-8(7)6-14)12-2-1-11(9)15/h2-5,14-15H,6-7H2,1H3;1-4,13-14H,5-6H2,(H,12,15). The van der Waals surface area contributed by atoms with Gasteiger partial charge in [0.05, 0.1) is 31.9 Å². The number of H-pyrrole nitrogens is 1. The van der Waals surface area contributed by atoms with Crippen molar-refractivity contribution in [2.24, 2.45) is 0 Å². The van der Waals surface area contributed by atoms with Gasteiger partial charge in [-0.3, -0.25) is 9.78 Å². The molecule has 0 atom stereocenters. The summed E-state index contributed by atoms with van der Waals surface area (Å²) in [4.78, 5) is 18.6. The fourth-order valence-electron chi connectivity index (χ4n) is 3.32. The van der Waals surface area contributed by atoms with Crippen molar-refractivity contribution in [3.05, 3.63) is 86.8 Å². The number of nitrogens with zero attached hydrogens (tertiary/aromatic N) is 1. The predicted octanol–water partition coefficient (Wildman–Crippen LogP) is 2.04. The van der Waals surface area contributed by atoms with E-state index in [1.807, 2.05) is 25.1 Å². The lowest BCUT2D eigenvalue weighted by Gasteiger charge is -2.08. The van der Waals surface area contributed by atoms with Gasteiger partial charge in [-0.25, -0.2) is 0 Å². The fourth-order valence-corrected chi connectivity index (χ4v) is 3.32. The maximum atomic E-state index is 11.5. The molecular weight excluding hydrogens is 384 g/mol.